The van der Waals surface area contributed by atoms with Crippen LogP contribution >= 0.6 is 0 Å². The van der Waals surface area contributed by atoms with Gasteiger partial charge in [-0.1, -0.05) is 38.1 Å². The number of nitrogens with one attached hydrogen (secondary N) is 1. The van der Waals surface area contributed by atoms with Gasteiger partial charge in [-0.05, 0) is 30.2 Å². The van der Waals surface area contributed by atoms with Gasteiger partial charge in [0, 0.05) is 41.0 Å². The van der Waals surface area contributed by atoms with E-state index in [-0.39, 0.29) is 17.8 Å². The van der Waals surface area contributed by atoms with E-state index in [1.54, 1.807) is 10.7 Å². The number of carbonyl (C=O) groups is 1. The number of aryl methyl sites for hydroxylation is 1. The monoisotopic (exact) mass is 506 g/mol. The van der Waals surface area contributed by atoms with Crippen molar-refractivity contribution in [1.29, 1.82) is 0 Å². The molecule has 0 saturated heterocycles. The summed E-state index contributed by atoms with van der Waals surface area (Å²) in [5, 5.41) is 14.6. The number of alkyl halides is 2. The average Bonchev–Trinajstić information content (AvgIpc) is 3.61. The smallest absolute Gasteiger partial charge is 0.333 e. The molecule has 1 amide bonds. The summed E-state index contributed by atoms with van der Waals surface area (Å²) in [6.07, 6.45) is 5.86. The van der Waals surface area contributed by atoms with E-state index in [1.165, 1.54) is 18.7 Å². The summed E-state index contributed by atoms with van der Waals surface area (Å²) in [6, 6.07) is 7.63. The van der Waals surface area contributed by atoms with Crippen LogP contribution in [0.2, 0.25) is 0 Å². The van der Waals surface area contributed by atoms with E-state index in [2.05, 4.69) is 30.6 Å². The van der Waals surface area contributed by atoms with Gasteiger partial charge in [-0.3, -0.25) is 4.79 Å². The van der Waals surface area contributed by atoms with Gasteiger partial charge in [0.25, 0.3) is 11.7 Å². The highest BCUT2D eigenvalue weighted by Gasteiger charge is 2.24. The van der Waals surface area contributed by atoms with E-state index in [0.29, 0.717) is 27.4 Å². The zero-order valence-electron chi connectivity index (χ0n) is 20.6. The molecule has 12 heteroatoms. The highest BCUT2D eigenvalue weighted by molar-refractivity contribution is 5.90. The van der Waals surface area contributed by atoms with Crippen LogP contribution in [0.1, 0.15) is 55.0 Å². The van der Waals surface area contributed by atoms with Crippen molar-refractivity contribution in [2.75, 3.05) is 0 Å². The largest absolute Gasteiger partial charge is 0.345 e. The fraction of sp³-hybridized carbons (Fsp3) is 0.280. The molecule has 0 aliphatic carbocycles. The van der Waals surface area contributed by atoms with Crippen molar-refractivity contribution in [2.24, 2.45) is 0 Å². The van der Waals surface area contributed by atoms with Gasteiger partial charge < -0.3 is 9.84 Å². The lowest BCUT2D eigenvalue weighted by Gasteiger charge is -2.10. The molecule has 1 N–H and O–H groups in total. The molecule has 0 saturated carbocycles. The molecule has 0 spiro atoms. The Balaban J connectivity index is 1.36. The second-order valence-electron chi connectivity index (χ2n) is 9.65. The first kappa shape index (κ1) is 24.2. The summed E-state index contributed by atoms with van der Waals surface area (Å²) in [4.78, 5) is 21.1. The van der Waals surface area contributed by atoms with Crippen LogP contribution in [0.3, 0.4) is 0 Å². The third kappa shape index (κ3) is 4.82. The van der Waals surface area contributed by atoms with Gasteiger partial charge in [0.15, 0.2) is 0 Å². The van der Waals surface area contributed by atoms with Gasteiger partial charge in [0.05, 0.1) is 17.4 Å². The van der Waals surface area contributed by atoms with Crippen molar-refractivity contribution in [3.8, 4) is 22.4 Å². The number of rotatable bonds is 6. The standard InChI is InChI=1S/C25H24F2N8O2/c1-14-7-15(5-6-16(14)9-28-22(36)21-32-23(37-33-21)25(2,3)4)20-19-8-17(11-34(19)31-13-29-20)18-10-30-35(12-18)24(26)27/h5-8,10-13,24H,9H2,1-4H3,(H,28,36). The van der Waals surface area contributed by atoms with Crippen molar-refractivity contribution < 1.29 is 18.1 Å². The molecule has 37 heavy (non-hydrogen) atoms. The van der Waals surface area contributed by atoms with Crippen molar-refractivity contribution in [2.45, 2.75) is 46.2 Å². The van der Waals surface area contributed by atoms with Crippen LogP contribution in [0.4, 0.5) is 8.78 Å². The molecule has 4 aromatic heterocycles. The van der Waals surface area contributed by atoms with E-state index in [0.717, 1.165) is 22.2 Å². The number of halogens is 2. The Morgan fingerprint density at radius 3 is 2.59 bits per heavy atom. The second kappa shape index (κ2) is 9.19. The molecule has 0 aliphatic rings. The molecule has 1 aromatic carbocycles. The lowest BCUT2D eigenvalue weighted by Crippen LogP contribution is -2.24. The first-order valence-electron chi connectivity index (χ1n) is 11.5. The zero-order chi connectivity index (χ0) is 26.3. The van der Waals surface area contributed by atoms with Crippen LogP contribution in [0.25, 0.3) is 27.9 Å². The summed E-state index contributed by atoms with van der Waals surface area (Å²) >= 11 is 0. The van der Waals surface area contributed by atoms with Crippen LogP contribution in [-0.2, 0) is 12.0 Å². The molecule has 4 heterocycles. The number of hydrogen-bond acceptors (Lipinski definition) is 7. The highest BCUT2D eigenvalue weighted by atomic mass is 19.3. The molecule has 0 atom stereocenters. The molecule has 5 aromatic rings. The number of aromatic nitrogens is 7. The third-order valence-corrected chi connectivity index (χ3v) is 5.87. The number of carbonyl (C=O) groups excluding carboxylic acids is 1. The second-order valence-corrected chi connectivity index (χ2v) is 9.65. The van der Waals surface area contributed by atoms with Crippen LogP contribution in [0.15, 0.2) is 53.7 Å². The van der Waals surface area contributed by atoms with Gasteiger partial charge in [-0.15, -0.1) is 0 Å². The fourth-order valence-corrected chi connectivity index (χ4v) is 3.82. The number of fused-ring (bicyclic) bond motifs is 1. The summed E-state index contributed by atoms with van der Waals surface area (Å²) in [5.74, 6) is -0.0347. The number of nitrogens with zero attached hydrogens (tertiary/aromatic N) is 7. The van der Waals surface area contributed by atoms with Gasteiger partial charge >= 0.3 is 6.55 Å². The molecule has 0 bridgehead atoms. The van der Waals surface area contributed by atoms with Crippen molar-refractivity contribution in [1.82, 2.24) is 39.8 Å². The molecular formula is C25H24F2N8O2. The SMILES string of the molecule is Cc1cc(-c2ncnn3cc(-c4cnn(C(F)F)c4)cc23)ccc1CNC(=O)c1noc(C(C)(C)C)n1. The van der Waals surface area contributed by atoms with Gasteiger partial charge in [0.1, 0.15) is 6.33 Å². The molecule has 0 aliphatic heterocycles. The quantitative estimate of drug-likeness (QED) is 0.359. The molecule has 190 valence electrons. The summed E-state index contributed by atoms with van der Waals surface area (Å²) in [6.45, 7) is 5.29. The van der Waals surface area contributed by atoms with Crippen LogP contribution in [0.5, 0.6) is 0 Å². The minimum absolute atomic E-state index is 0.00861. The molecular weight excluding hydrogens is 482 g/mol. The van der Waals surface area contributed by atoms with Crippen LogP contribution in [-0.4, -0.2) is 40.4 Å². The first-order valence-corrected chi connectivity index (χ1v) is 11.5. The minimum Gasteiger partial charge on any atom is -0.345 e. The Morgan fingerprint density at radius 2 is 1.92 bits per heavy atom. The lowest BCUT2D eigenvalue weighted by atomic mass is 9.97. The maximum Gasteiger partial charge on any atom is 0.333 e. The number of benzene rings is 1. The minimum atomic E-state index is -2.71. The predicted octanol–water partition coefficient (Wildman–Crippen LogP) is 4.57. The van der Waals surface area contributed by atoms with Gasteiger partial charge in [-0.25, -0.2) is 14.2 Å². The molecule has 0 unspecified atom stereocenters. The van der Waals surface area contributed by atoms with E-state index in [4.69, 9.17) is 4.52 Å². The zero-order valence-corrected chi connectivity index (χ0v) is 20.6. The molecule has 10 nitrogen and oxygen atoms in total. The Kier molecular flexibility index (Phi) is 6.02. The lowest BCUT2D eigenvalue weighted by molar-refractivity contribution is 0.0566. The van der Waals surface area contributed by atoms with Gasteiger partial charge in [-0.2, -0.15) is 24.0 Å². The van der Waals surface area contributed by atoms with E-state index < -0.39 is 12.5 Å². The van der Waals surface area contributed by atoms with Crippen molar-refractivity contribution in [3.05, 3.63) is 72.0 Å². The van der Waals surface area contributed by atoms with Crippen molar-refractivity contribution >= 4 is 11.4 Å². The number of hydrogen-bond donors (Lipinski definition) is 1. The maximum atomic E-state index is 12.9. The first-order chi connectivity index (χ1) is 17.6. The normalized spacial score (nSPS) is 12.0. The molecule has 0 radical (unpaired) electrons. The van der Waals surface area contributed by atoms with E-state index >= 15 is 0 Å². The molecule has 0 fully saturated rings. The van der Waals surface area contributed by atoms with Crippen molar-refractivity contribution in [3.63, 3.8) is 0 Å². The van der Waals surface area contributed by atoms with Crippen LogP contribution in [0, 0.1) is 6.92 Å². The topological polar surface area (TPSA) is 116 Å². The Morgan fingerprint density at radius 1 is 1.11 bits per heavy atom. The summed E-state index contributed by atoms with van der Waals surface area (Å²) < 4.78 is 33.3. The Hall–Kier alpha value is -4.48. The highest BCUT2D eigenvalue weighted by Crippen LogP contribution is 2.29. The Labute approximate surface area is 210 Å². The van der Waals surface area contributed by atoms with E-state index in [9.17, 15) is 13.6 Å². The summed E-state index contributed by atoms with van der Waals surface area (Å²) in [5.41, 5.74) is 5.01. The maximum absolute atomic E-state index is 12.9. The Bertz CT molecular complexity index is 1600. The predicted molar refractivity (Wildman–Crippen MR) is 130 cm³/mol. The van der Waals surface area contributed by atoms with Crippen LogP contribution < -0.4 is 5.32 Å². The molecule has 5 rings (SSSR count). The van der Waals surface area contributed by atoms with Gasteiger partial charge in [0.2, 0.25) is 5.89 Å². The summed E-state index contributed by atoms with van der Waals surface area (Å²) in [7, 11) is 0. The third-order valence-electron chi connectivity index (χ3n) is 5.87. The number of amides is 1. The average molecular weight is 507 g/mol. The fourth-order valence-electron chi connectivity index (χ4n) is 3.82. The van der Waals surface area contributed by atoms with E-state index in [1.807, 2.05) is 52.0 Å².